The van der Waals surface area contributed by atoms with E-state index in [1.165, 1.54) is 31.2 Å². The van der Waals surface area contributed by atoms with Gasteiger partial charge in [0.15, 0.2) is 5.96 Å². The van der Waals surface area contributed by atoms with Gasteiger partial charge in [0, 0.05) is 19.0 Å². The molecule has 7 rings (SSSR count). The SMILES string of the molecule is CC(C)[C@H](NC1=NCCN1)C(=O)N1CCC[C@H]1c1ncc(-c2ccc(-c3ccc(-c4cnc(C5CCCC5)[nH]4)cc3)cc2)[nH]1. The number of H-pyrrole nitrogens is 2. The lowest BCUT2D eigenvalue weighted by Gasteiger charge is -2.30. The molecule has 4 heterocycles. The van der Waals surface area contributed by atoms with Gasteiger partial charge < -0.3 is 25.5 Å². The van der Waals surface area contributed by atoms with Gasteiger partial charge in [-0.05, 0) is 53.9 Å². The number of aliphatic imine (C=N–C) groups is 1. The van der Waals surface area contributed by atoms with Crippen LogP contribution >= 0.6 is 0 Å². The van der Waals surface area contributed by atoms with E-state index in [0.29, 0.717) is 5.92 Å². The van der Waals surface area contributed by atoms with Gasteiger partial charge in [0.1, 0.15) is 17.7 Å². The van der Waals surface area contributed by atoms with E-state index in [0.717, 1.165) is 78.2 Å². The van der Waals surface area contributed by atoms with Crippen LogP contribution in [0.5, 0.6) is 0 Å². The molecule has 9 heteroatoms. The van der Waals surface area contributed by atoms with Gasteiger partial charge in [-0.1, -0.05) is 75.2 Å². The maximum Gasteiger partial charge on any atom is 0.246 e. The summed E-state index contributed by atoms with van der Waals surface area (Å²) in [6.07, 6.45) is 10.8. The summed E-state index contributed by atoms with van der Waals surface area (Å²) in [6, 6.07) is 16.9. The Labute approximate surface area is 259 Å². The normalized spacial score (nSPS) is 19.4. The summed E-state index contributed by atoms with van der Waals surface area (Å²) in [6.45, 7) is 6.43. The lowest BCUT2D eigenvalue weighted by Crippen LogP contribution is -2.53. The van der Waals surface area contributed by atoms with Crippen LogP contribution in [-0.2, 0) is 4.79 Å². The Kier molecular flexibility index (Phi) is 7.93. The molecule has 3 aliphatic rings. The molecule has 0 unspecified atom stereocenters. The minimum Gasteiger partial charge on any atom is -0.355 e. The number of carbonyl (C=O) groups is 1. The van der Waals surface area contributed by atoms with Crippen molar-refractivity contribution < 1.29 is 4.79 Å². The first-order valence-electron chi connectivity index (χ1n) is 16.2. The number of likely N-dealkylation sites (tertiary alicyclic amines) is 1. The van der Waals surface area contributed by atoms with Crippen molar-refractivity contribution in [2.24, 2.45) is 10.9 Å². The molecule has 1 amide bonds. The molecule has 1 saturated heterocycles. The van der Waals surface area contributed by atoms with Crippen molar-refractivity contribution in [3.05, 3.63) is 72.6 Å². The standard InChI is InChI=1S/C35H42N8O/c1-22(2)31(42-35-36-17-18-37-35)34(44)43-19-5-8-30(43)33-39-21-29(41-33)26-15-11-24(12-16-26)23-9-13-25(14-10-23)28-20-38-32(40-28)27-6-3-4-7-27/h9-16,20-22,27,30-31H,3-8,17-19H2,1-2H3,(H,38,40)(H,39,41)(H2,36,37,42)/t30-,31-/m0/s1. The summed E-state index contributed by atoms with van der Waals surface area (Å²) in [7, 11) is 0. The molecule has 0 spiro atoms. The summed E-state index contributed by atoms with van der Waals surface area (Å²) >= 11 is 0. The number of nitrogens with zero attached hydrogens (tertiary/aromatic N) is 4. The zero-order valence-corrected chi connectivity index (χ0v) is 25.6. The summed E-state index contributed by atoms with van der Waals surface area (Å²) < 4.78 is 0. The van der Waals surface area contributed by atoms with Gasteiger partial charge in [0.2, 0.25) is 5.91 Å². The lowest BCUT2D eigenvalue weighted by atomic mass is 10.0. The van der Waals surface area contributed by atoms with E-state index in [-0.39, 0.29) is 23.9 Å². The molecule has 2 atom stereocenters. The maximum atomic E-state index is 13.7. The van der Waals surface area contributed by atoms with Gasteiger partial charge in [0.05, 0.1) is 36.4 Å². The first-order valence-corrected chi connectivity index (χ1v) is 16.2. The molecular formula is C35H42N8O. The van der Waals surface area contributed by atoms with E-state index in [1.807, 2.05) is 17.3 Å². The Hall–Kier alpha value is -4.40. The second-order valence-corrected chi connectivity index (χ2v) is 12.7. The average molecular weight is 591 g/mol. The smallest absolute Gasteiger partial charge is 0.246 e. The van der Waals surface area contributed by atoms with Gasteiger partial charge in [-0.3, -0.25) is 9.79 Å². The maximum absolute atomic E-state index is 13.7. The van der Waals surface area contributed by atoms with Gasteiger partial charge in [-0.25, -0.2) is 9.97 Å². The number of benzene rings is 2. The highest BCUT2D eigenvalue weighted by molar-refractivity contribution is 5.90. The van der Waals surface area contributed by atoms with Crippen LogP contribution in [-0.4, -0.2) is 62.4 Å². The monoisotopic (exact) mass is 590 g/mol. The molecule has 4 N–H and O–H groups in total. The molecule has 1 saturated carbocycles. The number of nitrogens with one attached hydrogen (secondary N) is 4. The quantitative estimate of drug-likeness (QED) is 0.200. The average Bonchev–Trinajstić information content (AvgIpc) is 3.89. The van der Waals surface area contributed by atoms with E-state index in [9.17, 15) is 4.79 Å². The second kappa shape index (κ2) is 12.3. The van der Waals surface area contributed by atoms with Crippen molar-refractivity contribution >= 4 is 11.9 Å². The van der Waals surface area contributed by atoms with Crippen molar-refractivity contribution in [3.8, 4) is 33.6 Å². The topological polar surface area (TPSA) is 114 Å². The highest BCUT2D eigenvalue weighted by Gasteiger charge is 2.37. The van der Waals surface area contributed by atoms with Crippen molar-refractivity contribution in [2.45, 2.75) is 70.4 Å². The Bertz CT molecular complexity index is 1610. The molecular weight excluding hydrogens is 548 g/mol. The zero-order chi connectivity index (χ0) is 30.0. The van der Waals surface area contributed by atoms with E-state index >= 15 is 0 Å². The van der Waals surface area contributed by atoms with Crippen LogP contribution in [0, 0.1) is 5.92 Å². The first kappa shape index (κ1) is 28.4. The third-order valence-corrected chi connectivity index (χ3v) is 9.41. The van der Waals surface area contributed by atoms with E-state index < -0.39 is 0 Å². The molecule has 9 nitrogen and oxygen atoms in total. The molecule has 2 aromatic carbocycles. The third kappa shape index (κ3) is 5.75. The molecule has 44 heavy (non-hydrogen) atoms. The van der Waals surface area contributed by atoms with Gasteiger partial charge >= 0.3 is 0 Å². The number of aromatic nitrogens is 4. The van der Waals surface area contributed by atoms with Crippen molar-refractivity contribution in [3.63, 3.8) is 0 Å². The molecule has 0 bridgehead atoms. The van der Waals surface area contributed by atoms with Crippen molar-refractivity contribution in [2.75, 3.05) is 19.6 Å². The second-order valence-electron chi connectivity index (χ2n) is 12.7. The van der Waals surface area contributed by atoms with Gasteiger partial charge in [0.25, 0.3) is 0 Å². The summed E-state index contributed by atoms with van der Waals surface area (Å²) in [5, 5.41) is 6.58. The van der Waals surface area contributed by atoms with Crippen LogP contribution in [0.2, 0.25) is 0 Å². The van der Waals surface area contributed by atoms with Gasteiger partial charge in [-0.15, -0.1) is 0 Å². The number of hydrogen-bond acceptors (Lipinski definition) is 6. The Morgan fingerprint density at radius 2 is 1.41 bits per heavy atom. The van der Waals surface area contributed by atoms with Gasteiger partial charge in [-0.2, -0.15) is 0 Å². The molecule has 2 fully saturated rings. The number of carbonyl (C=O) groups excluding carboxylic acids is 1. The Balaban J connectivity index is 1.02. The predicted molar refractivity (Wildman–Crippen MR) is 174 cm³/mol. The van der Waals surface area contributed by atoms with Crippen LogP contribution in [0.4, 0.5) is 0 Å². The van der Waals surface area contributed by atoms with E-state index in [1.54, 1.807) is 0 Å². The molecule has 2 aromatic heterocycles. The number of aromatic amines is 2. The molecule has 4 aromatic rings. The predicted octanol–water partition coefficient (Wildman–Crippen LogP) is 6.03. The van der Waals surface area contributed by atoms with Crippen LogP contribution in [0.25, 0.3) is 33.6 Å². The fourth-order valence-electron chi connectivity index (χ4n) is 6.88. The fraction of sp³-hybridized carbons (Fsp3) is 0.429. The number of imidazole rings is 2. The third-order valence-electron chi connectivity index (χ3n) is 9.41. The van der Waals surface area contributed by atoms with Crippen LogP contribution in [0.1, 0.15) is 76.0 Å². The Morgan fingerprint density at radius 3 is 2.00 bits per heavy atom. The molecule has 228 valence electrons. The summed E-state index contributed by atoms with van der Waals surface area (Å²) in [5.41, 5.74) is 6.62. The largest absolute Gasteiger partial charge is 0.355 e. The molecule has 0 radical (unpaired) electrons. The number of hydrogen-bond donors (Lipinski definition) is 4. The van der Waals surface area contributed by atoms with Crippen molar-refractivity contribution in [1.29, 1.82) is 0 Å². The molecule has 1 aliphatic carbocycles. The summed E-state index contributed by atoms with van der Waals surface area (Å²) in [5.74, 6) is 3.53. The first-order chi connectivity index (χ1) is 21.5. The molecule has 2 aliphatic heterocycles. The van der Waals surface area contributed by atoms with E-state index in [4.69, 9.17) is 4.98 Å². The fourth-order valence-corrected chi connectivity index (χ4v) is 6.88. The van der Waals surface area contributed by atoms with Crippen LogP contribution in [0.3, 0.4) is 0 Å². The number of amides is 1. The highest BCUT2D eigenvalue weighted by atomic mass is 16.2. The minimum absolute atomic E-state index is 0.0559. The van der Waals surface area contributed by atoms with Crippen LogP contribution in [0.15, 0.2) is 65.9 Å². The van der Waals surface area contributed by atoms with E-state index in [2.05, 4.69) is 93.0 Å². The van der Waals surface area contributed by atoms with Crippen LogP contribution < -0.4 is 10.6 Å². The lowest BCUT2D eigenvalue weighted by molar-refractivity contribution is -0.135. The number of guanidine groups is 1. The van der Waals surface area contributed by atoms with Crippen molar-refractivity contribution in [1.82, 2.24) is 35.5 Å². The summed E-state index contributed by atoms with van der Waals surface area (Å²) in [4.78, 5) is 36.6. The Morgan fingerprint density at radius 1 is 0.818 bits per heavy atom. The number of rotatable bonds is 8. The minimum atomic E-state index is -0.329. The highest BCUT2D eigenvalue weighted by Crippen LogP contribution is 2.35. The zero-order valence-electron chi connectivity index (χ0n) is 25.6.